The van der Waals surface area contributed by atoms with Crippen molar-refractivity contribution in [2.24, 2.45) is 5.92 Å². The van der Waals surface area contributed by atoms with Gasteiger partial charge in [0.15, 0.2) is 0 Å². The number of nitriles is 1. The molecule has 1 aromatic heterocycles. The van der Waals surface area contributed by atoms with Crippen molar-refractivity contribution < 1.29 is 14.3 Å². The number of hydrogen-bond donors (Lipinski definition) is 1. The number of nitrogens with one attached hydrogen (secondary N) is 1. The van der Waals surface area contributed by atoms with Crippen LogP contribution in [0.4, 0.5) is 11.5 Å². The standard InChI is InChI=1S/C23H24N6O3/c1-13-10-25-20(27-21(13)29-11-15-3-5-16(29)7-15)22(30)26-17-12-32-19-8-14(9-24)4-6-18(19)28(2)23(17)31/h4,6,8,10,15-17H,3,5,7,11-12H2,1-2H3,(H,26,30). The van der Waals surface area contributed by atoms with E-state index in [0.29, 0.717) is 29.0 Å². The van der Waals surface area contributed by atoms with Gasteiger partial charge in [0, 0.05) is 37.5 Å². The van der Waals surface area contributed by atoms with E-state index in [1.807, 2.05) is 6.92 Å². The molecule has 2 aliphatic heterocycles. The summed E-state index contributed by atoms with van der Waals surface area (Å²) in [4.78, 5) is 38.4. The molecule has 32 heavy (non-hydrogen) atoms. The van der Waals surface area contributed by atoms with Crippen molar-refractivity contribution in [3.63, 3.8) is 0 Å². The summed E-state index contributed by atoms with van der Waals surface area (Å²) in [6.45, 7) is 2.87. The fourth-order valence-electron chi connectivity index (χ4n) is 4.92. The Morgan fingerprint density at radius 3 is 2.91 bits per heavy atom. The molecule has 3 unspecified atom stereocenters. The first kappa shape index (κ1) is 20.2. The predicted molar refractivity (Wildman–Crippen MR) is 117 cm³/mol. The highest BCUT2D eigenvalue weighted by molar-refractivity contribution is 6.02. The number of aryl methyl sites for hydroxylation is 1. The van der Waals surface area contributed by atoms with Crippen LogP contribution in [0.3, 0.4) is 0 Å². The number of carbonyl (C=O) groups excluding carboxylic acids is 2. The Morgan fingerprint density at radius 1 is 1.34 bits per heavy atom. The van der Waals surface area contributed by atoms with Gasteiger partial charge in [-0.15, -0.1) is 0 Å². The molecule has 0 radical (unpaired) electrons. The summed E-state index contributed by atoms with van der Waals surface area (Å²) >= 11 is 0. The number of piperidine rings is 1. The first-order valence-electron chi connectivity index (χ1n) is 10.8. The minimum Gasteiger partial charge on any atom is -0.489 e. The van der Waals surface area contributed by atoms with E-state index in [9.17, 15) is 9.59 Å². The lowest BCUT2D eigenvalue weighted by atomic mass is 10.1. The number of aromatic nitrogens is 2. The fourth-order valence-corrected chi connectivity index (χ4v) is 4.92. The summed E-state index contributed by atoms with van der Waals surface area (Å²) in [5.74, 6) is 1.13. The van der Waals surface area contributed by atoms with Gasteiger partial charge in [0.2, 0.25) is 5.82 Å². The molecule has 2 fully saturated rings. The van der Waals surface area contributed by atoms with E-state index in [2.05, 4.69) is 26.3 Å². The Balaban J connectivity index is 1.34. The maximum Gasteiger partial charge on any atom is 0.289 e. The van der Waals surface area contributed by atoms with E-state index in [1.54, 1.807) is 31.4 Å². The molecule has 3 aliphatic rings. The average molecular weight is 432 g/mol. The lowest BCUT2D eigenvalue weighted by molar-refractivity contribution is -0.120. The Kier molecular flexibility index (Phi) is 4.93. The van der Waals surface area contributed by atoms with Gasteiger partial charge in [0.05, 0.1) is 17.3 Å². The minimum absolute atomic E-state index is 0.0392. The zero-order chi connectivity index (χ0) is 22.4. The van der Waals surface area contributed by atoms with Crippen LogP contribution in [0.2, 0.25) is 0 Å². The number of anilines is 2. The molecule has 5 rings (SSSR count). The van der Waals surface area contributed by atoms with Crippen molar-refractivity contribution in [3.8, 4) is 11.8 Å². The number of likely N-dealkylation sites (N-methyl/N-ethyl adjacent to an activating group) is 1. The van der Waals surface area contributed by atoms with Gasteiger partial charge in [0.1, 0.15) is 24.2 Å². The number of carbonyl (C=O) groups is 2. The fraction of sp³-hybridized carbons (Fsp3) is 0.435. The summed E-state index contributed by atoms with van der Waals surface area (Å²) in [6.07, 6.45) is 5.26. The normalized spacial score (nSPS) is 23.9. The number of benzene rings is 1. The molecule has 1 aliphatic carbocycles. The van der Waals surface area contributed by atoms with Gasteiger partial charge in [-0.2, -0.15) is 5.26 Å². The van der Waals surface area contributed by atoms with Gasteiger partial charge in [-0.25, -0.2) is 9.97 Å². The van der Waals surface area contributed by atoms with Crippen molar-refractivity contribution in [3.05, 3.63) is 41.3 Å². The van der Waals surface area contributed by atoms with Gasteiger partial charge >= 0.3 is 0 Å². The lowest BCUT2D eigenvalue weighted by Gasteiger charge is -2.29. The Hall–Kier alpha value is -3.67. The molecule has 164 valence electrons. The van der Waals surface area contributed by atoms with Crippen molar-refractivity contribution >= 4 is 23.3 Å². The Morgan fingerprint density at radius 2 is 2.19 bits per heavy atom. The molecule has 1 saturated carbocycles. The highest BCUT2D eigenvalue weighted by Crippen LogP contribution is 2.40. The van der Waals surface area contributed by atoms with Gasteiger partial charge in [0.25, 0.3) is 11.8 Å². The molecular formula is C23H24N6O3. The minimum atomic E-state index is -0.901. The highest BCUT2D eigenvalue weighted by Gasteiger charge is 2.39. The zero-order valence-electron chi connectivity index (χ0n) is 18.0. The first-order chi connectivity index (χ1) is 15.4. The summed E-state index contributed by atoms with van der Waals surface area (Å²) in [5.41, 5.74) is 1.92. The first-order valence-corrected chi connectivity index (χ1v) is 10.8. The molecule has 3 heterocycles. The van der Waals surface area contributed by atoms with Crippen molar-refractivity contribution in [1.29, 1.82) is 5.26 Å². The summed E-state index contributed by atoms with van der Waals surface area (Å²) in [7, 11) is 1.62. The van der Waals surface area contributed by atoms with E-state index in [4.69, 9.17) is 10.00 Å². The third kappa shape index (κ3) is 3.42. The quantitative estimate of drug-likeness (QED) is 0.787. The number of hydrogen-bond acceptors (Lipinski definition) is 7. The Labute approximate surface area is 186 Å². The number of fused-ring (bicyclic) bond motifs is 3. The second kappa shape index (κ2) is 7.79. The topological polar surface area (TPSA) is 111 Å². The molecule has 2 amide bonds. The van der Waals surface area contributed by atoms with E-state index in [1.165, 1.54) is 17.7 Å². The van der Waals surface area contributed by atoms with Gasteiger partial charge in [-0.1, -0.05) is 0 Å². The van der Waals surface area contributed by atoms with Gasteiger partial charge < -0.3 is 19.9 Å². The predicted octanol–water partition coefficient (Wildman–Crippen LogP) is 1.80. The molecule has 1 N–H and O–H groups in total. The van der Waals surface area contributed by atoms with Crippen LogP contribution in [-0.4, -0.2) is 54.1 Å². The number of amides is 2. The Bertz CT molecular complexity index is 1140. The SMILES string of the molecule is Cc1cnc(C(=O)NC2COc3cc(C#N)ccc3N(C)C2=O)nc1N1CC2CCC1C2. The molecule has 9 heteroatoms. The number of ether oxygens (including phenoxy) is 1. The lowest BCUT2D eigenvalue weighted by Crippen LogP contribution is -2.49. The van der Waals surface area contributed by atoms with Crippen LogP contribution in [0.25, 0.3) is 0 Å². The van der Waals surface area contributed by atoms with E-state index in [0.717, 1.165) is 24.3 Å². The second-order valence-corrected chi connectivity index (χ2v) is 8.71. The molecule has 9 nitrogen and oxygen atoms in total. The molecule has 1 aromatic carbocycles. The van der Waals surface area contributed by atoms with Crippen LogP contribution in [0.5, 0.6) is 5.75 Å². The van der Waals surface area contributed by atoms with Crippen LogP contribution >= 0.6 is 0 Å². The smallest absolute Gasteiger partial charge is 0.289 e. The van der Waals surface area contributed by atoms with Crippen LogP contribution < -0.4 is 19.9 Å². The average Bonchev–Trinajstić information content (AvgIpc) is 3.42. The molecule has 1 saturated heterocycles. The number of rotatable bonds is 3. The number of nitrogens with zero attached hydrogens (tertiary/aromatic N) is 5. The highest BCUT2D eigenvalue weighted by atomic mass is 16.5. The van der Waals surface area contributed by atoms with E-state index in [-0.39, 0.29) is 18.3 Å². The van der Waals surface area contributed by atoms with Crippen molar-refractivity contribution in [2.75, 3.05) is 30.0 Å². The van der Waals surface area contributed by atoms with E-state index >= 15 is 0 Å². The van der Waals surface area contributed by atoms with Crippen LogP contribution in [0.1, 0.15) is 41.0 Å². The largest absolute Gasteiger partial charge is 0.489 e. The maximum absolute atomic E-state index is 13.0. The third-order valence-corrected chi connectivity index (χ3v) is 6.62. The summed E-state index contributed by atoms with van der Waals surface area (Å²) < 4.78 is 5.76. The molecule has 2 bridgehead atoms. The van der Waals surface area contributed by atoms with Crippen LogP contribution in [0.15, 0.2) is 24.4 Å². The van der Waals surface area contributed by atoms with Gasteiger partial charge in [-0.3, -0.25) is 9.59 Å². The zero-order valence-corrected chi connectivity index (χ0v) is 18.0. The molecule has 3 atom stereocenters. The summed E-state index contributed by atoms with van der Waals surface area (Å²) in [5, 5.41) is 11.8. The van der Waals surface area contributed by atoms with Crippen molar-refractivity contribution in [2.45, 2.75) is 38.3 Å². The van der Waals surface area contributed by atoms with E-state index < -0.39 is 11.9 Å². The third-order valence-electron chi connectivity index (χ3n) is 6.62. The molecular weight excluding hydrogens is 408 g/mol. The van der Waals surface area contributed by atoms with Crippen molar-refractivity contribution in [1.82, 2.24) is 15.3 Å². The monoisotopic (exact) mass is 432 g/mol. The van der Waals surface area contributed by atoms with Crippen LogP contribution in [0, 0.1) is 24.2 Å². The molecule has 2 aromatic rings. The van der Waals surface area contributed by atoms with Gasteiger partial charge in [-0.05, 0) is 44.2 Å². The van der Waals surface area contributed by atoms with Crippen LogP contribution in [-0.2, 0) is 4.79 Å². The summed E-state index contributed by atoms with van der Waals surface area (Å²) in [6, 6.07) is 6.50. The molecule has 0 spiro atoms. The second-order valence-electron chi connectivity index (χ2n) is 8.71. The maximum atomic E-state index is 13.0.